The summed E-state index contributed by atoms with van der Waals surface area (Å²) in [6, 6.07) is 20.9. The van der Waals surface area contributed by atoms with Crippen LogP contribution in [0.3, 0.4) is 0 Å². The molecule has 8 nitrogen and oxygen atoms in total. The lowest BCUT2D eigenvalue weighted by Gasteiger charge is -2.11. The minimum absolute atomic E-state index is 0.0635. The van der Waals surface area contributed by atoms with E-state index in [1.165, 1.54) is 24.8 Å². The zero-order valence-electron chi connectivity index (χ0n) is 17.2. The van der Waals surface area contributed by atoms with Crippen LogP contribution in [-0.4, -0.2) is 29.7 Å². The van der Waals surface area contributed by atoms with Gasteiger partial charge in [0, 0.05) is 12.0 Å². The van der Waals surface area contributed by atoms with E-state index in [1.807, 2.05) is 30.3 Å². The van der Waals surface area contributed by atoms with Crippen molar-refractivity contribution in [2.45, 2.75) is 6.42 Å². The molecule has 0 atom stereocenters. The summed E-state index contributed by atoms with van der Waals surface area (Å²) in [7, 11) is 1.41. The van der Waals surface area contributed by atoms with Crippen molar-refractivity contribution in [3.05, 3.63) is 94.0 Å². The standard InChI is InChI=1S/C23H21N3O5S/c1-30-19-11-12-20(21(15-19)26(28)29)24-23(32)25-22(27)17-7-9-18(10-8-17)31-14-13-16-5-3-2-4-6-16/h2-12,15H,13-14H2,1H3,(H2,24,25,27,32). The van der Waals surface area contributed by atoms with Crippen LogP contribution in [0.25, 0.3) is 0 Å². The van der Waals surface area contributed by atoms with E-state index in [0.717, 1.165) is 6.42 Å². The van der Waals surface area contributed by atoms with E-state index in [-0.39, 0.29) is 16.5 Å². The van der Waals surface area contributed by atoms with Gasteiger partial charge in [0.25, 0.3) is 11.6 Å². The Morgan fingerprint density at radius 2 is 1.72 bits per heavy atom. The minimum atomic E-state index is -0.564. The van der Waals surface area contributed by atoms with E-state index in [1.54, 1.807) is 30.3 Å². The van der Waals surface area contributed by atoms with Gasteiger partial charge in [-0.1, -0.05) is 30.3 Å². The quantitative estimate of drug-likeness (QED) is 0.298. The zero-order chi connectivity index (χ0) is 22.9. The first-order valence-corrected chi connectivity index (χ1v) is 10.1. The van der Waals surface area contributed by atoms with Crippen molar-refractivity contribution in [2.75, 3.05) is 19.0 Å². The largest absolute Gasteiger partial charge is 0.496 e. The zero-order valence-corrected chi connectivity index (χ0v) is 18.1. The number of carbonyl (C=O) groups excluding carboxylic acids is 1. The highest BCUT2D eigenvalue weighted by Gasteiger charge is 2.17. The Morgan fingerprint density at radius 1 is 1.03 bits per heavy atom. The number of amides is 1. The molecule has 0 saturated heterocycles. The Morgan fingerprint density at radius 3 is 2.38 bits per heavy atom. The predicted molar refractivity (Wildman–Crippen MR) is 125 cm³/mol. The Bertz CT molecular complexity index is 1100. The summed E-state index contributed by atoms with van der Waals surface area (Å²) < 4.78 is 10.7. The van der Waals surface area contributed by atoms with Gasteiger partial charge in [-0.3, -0.25) is 20.2 Å². The van der Waals surface area contributed by atoms with E-state index >= 15 is 0 Å². The maximum absolute atomic E-state index is 12.4. The number of nitro groups is 1. The molecule has 9 heteroatoms. The first-order chi connectivity index (χ1) is 15.5. The lowest BCUT2D eigenvalue weighted by atomic mass is 10.2. The van der Waals surface area contributed by atoms with E-state index in [0.29, 0.717) is 23.7 Å². The minimum Gasteiger partial charge on any atom is -0.496 e. The second-order valence-electron chi connectivity index (χ2n) is 6.66. The molecule has 0 saturated carbocycles. The van der Waals surface area contributed by atoms with Crippen LogP contribution in [0.2, 0.25) is 0 Å². The molecule has 0 unspecified atom stereocenters. The van der Waals surface area contributed by atoms with Crippen molar-refractivity contribution in [3.63, 3.8) is 0 Å². The molecule has 0 aliphatic carbocycles. The van der Waals surface area contributed by atoms with Crippen LogP contribution in [-0.2, 0) is 6.42 Å². The third-order valence-corrected chi connectivity index (χ3v) is 4.70. The van der Waals surface area contributed by atoms with Gasteiger partial charge in [0.05, 0.1) is 24.7 Å². The fourth-order valence-corrected chi connectivity index (χ4v) is 3.06. The van der Waals surface area contributed by atoms with E-state index < -0.39 is 10.8 Å². The van der Waals surface area contributed by atoms with E-state index in [4.69, 9.17) is 21.7 Å². The molecule has 1 amide bonds. The number of carbonyl (C=O) groups is 1. The number of hydrogen-bond acceptors (Lipinski definition) is 6. The lowest BCUT2D eigenvalue weighted by molar-refractivity contribution is -0.384. The number of nitrogens with one attached hydrogen (secondary N) is 2. The number of methoxy groups -OCH3 is 1. The molecule has 0 spiro atoms. The second-order valence-corrected chi connectivity index (χ2v) is 7.07. The number of thiocarbonyl (C=S) groups is 1. The Hall–Kier alpha value is -3.98. The molecule has 0 bridgehead atoms. The predicted octanol–water partition coefficient (Wildman–Crippen LogP) is 4.35. The third kappa shape index (κ3) is 6.26. The average molecular weight is 452 g/mol. The molecule has 3 rings (SSSR count). The smallest absolute Gasteiger partial charge is 0.296 e. The summed E-state index contributed by atoms with van der Waals surface area (Å²) in [6.07, 6.45) is 0.778. The van der Waals surface area contributed by atoms with Gasteiger partial charge in [-0.25, -0.2) is 0 Å². The van der Waals surface area contributed by atoms with Crippen molar-refractivity contribution in [1.82, 2.24) is 5.32 Å². The summed E-state index contributed by atoms with van der Waals surface area (Å²) in [6.45, 7) is 0.518. The van der Waals surface area contributed by atoms with Crippen molar-refractivity contribution in [3.8, 4) is 11.5 Å². The first kappa shape index (κ1) is 22.7. The number of ether oxygens (including phenoxy) is 2. The molecule has 0 fully saturated rings. The number of rotatable bonds is 8. The molecule has 32 heavy (non-hydrogen) atoms. The number of nitrogens with zero attached hydrogens (tertiary/aromatic N) is 1. The maximum Gasteiger partial charge on any atom is 0.296 e. The van der Waals surface area contributed by atoms with Gasteiger partial charge in [-0.05, 0) is 54.2 Å². The molecular weight excluding hydrogens is 430 g/mol. The van der Waals surface area contributed by atoms with Crippen molar-refractivity contribution in [1.29, 1.82) is 0 Å². The van der Waals surface area contributed by atoms with Crippen LogP contribution in [0.4, 0.5) is 11.4 Å². The fourth-order valence-electron chi connectivity index (χ4n) is 2.86. The Balaban J connectivity index is 1.54. The number of hydrogen-bond donors (Lipinski definition) is 2. The molecule has 0 radical (unpaired) electrons. The summed E-state index contributed by atoms with van der Waals surface area (Å²) in [5.41, 5.74) is 1.47. The van der Waals surface area contributed by atoms with Gasteiger partial charge in [-0.2, -0.15) is 0 Å². The Labute approximate surface area is 190 Å². The lowest BCUT2D eigenvalue weighted by Crippen LogP contribution is -2.34. The van der Waals surface area contributed by atoms with Gasteiger partial charge >= 0.3 is 0 Å². The topological polar surface area (TPSA) is 103 Å². The molecular formula is C23H21N3O5S. The maximum atomic E-state index is 12.4. The number of anilines is 1. The molecule has 3 aromatic rings. The van der Waals surface area contributed by atoms with Crippen LogP contribution in [0, 0.1) is 10.1 Å². The molecule has 0 heterocycles. The van der Waals surface area contributed by atoms with Gasteiger partial charge in [0.1, 0.15) is 17.2 Å². The third-order valence-electron chi connectivity index (χ3n) is 4.50. The van der Waals surface area contributed by atoms with Crippen LogP contribution in [0.5, 0.6) is 11.5 Å². The van der Waals surface area contributed by atoms with E-state index in [9.17, 15) is 14.9 Å². The molecule has 0 aliphatic heterocycles. The van der Waals surface area contributed by atoms with Crippen molar-refractivity contribution >= 4 is 34.6 Å². The highest BCUT2D eigenvalue weighted by Crippen LogP contribution is 2.28. The normalized spacial score (nSPS) is 10.2. The van der Waals surface area contributed by atoms with Gasteiger partial charge in [0.15, 0.2) is 5.11 Å². The summed E-state index contributed by atoms with van der Waals surface area (Å²) in [4.78, 5) is 23.1. The summed E-state index contributed by atoms with van der Waals surface area (Å²) in [5.74, 6) is 0.532. The number of nitro benzene ring substituents is 1. The highest BCUT2D eigenvalue weighted by molar-refractivity contribution is 7.80. The number of benzene rings is 3. The van der Waals surface area contributed by atoms with Crippen LogP contribution >= 0.6 is 12.2 Å². The SMILES string of the molecule is COc1ccc(NC(=S)NC(=O)c2ccc(OCCc3ccccc3)cc2)c([N+](=O)[O-])c1. The molecule has 3 aromatic carbocycles. The molecule has 0 aliphatic rings. The van der Waals surface area contributed by atoms with E-state index in [2.05, 4.69) is 10.6 Å². The highest BCUT2D eigenvalue weighted by atomic mass is 32.1. The average Bonchev–Trinajstić information content (AvgIpc) is 2.80. The van der Waals surface area contributed by atoms with Crippen molar-refractivity contribution < 1.29 is 19.2 Å². The van der Waals surface area contributed by atoms with Gasteiger partial charge in [-0.15, -0.1) is 0 Å². The van der Waals surface area contributed by atoms with Crippen LogP contribution < -0.4 is 20.1 Å². The molecule has 164 valence electrons. The van der Waals surface area contributed by atoms with Gasteiger partial charge in [0.2, 0.25) is 0 Å². The second kappa shape index (κ2) is 10.9. The fraction of sp³-hybridized carbons (Fsp3) is 0.130. The Kier molecular flexibility index (Phi) is 7.71. The summed E-state index contributed by atoms with van der Waals surface area (Å²) in [5, 5.41) is 16.4. The van der Waals surface area contributed by atoms with Crippen LogP contribution in [0.15, 0.2) is 72.8 Å². The van der Waals surface area contributed by atoms with Crippen LogP contribution in [0.1, 0.15) is 15.9 Å². The monoisotopic (exact) mass is 451 g/mol. The van der Waals surface area contributed by atoms with Gasteiger partial charge < -0.3 is 14.8 Å². The van der Waals surface area contributed by atoms with Crippen molar-refractivity contribution in [2.24, 2.45) is 0 Å². The molecule has 2 N–H and O–H groups in total. The summed E-state index contributed by atoms with van der Waals surface area (Å²) >= 11 is 5.13. The molecule has 0 aromatic heterocycles. The first-order valence-electron chi connectivity index (χ1n) is 9.68.